The van der Waals surface area contributed by atoms with Crippen molar-refractivity contribution in [3.05, 3.63) is 24.3 Å². The summed E-state index contributed by atoms with van der Waals surface area (Å²) in [7, 11) is -3.86. The second-order valence-corrected chi connectivity index (χ2v) is 8.09. The van der Waals surface area contributed by atoms with Crippen molar-refractivity contribution in [1.82, 2.24) is 5.32 Å². The van der Waals surface area contributed by atoms with Gasteiger partial charge in [0, 0.05) is 30.7 Å². The van der Waals surface area contributed by atoms with Crippen molar-refractivity contribution >= 4 is 27.5 Å². The largest absolute Gasteiger partial charge is 0.350 e. The highest BCUT2D eigenvalue weighted by atomic mass is 32.2. The van der Waals surface area contributed by atoms with Crippen LogP contribution in [0.25, 0.3) is 0 Å². The molecule has 0 radical (unpaired) electrons. The van der Waals surface area contributed by atoms with Crippen molar-refractivity contribution in [2.45, 2.75) is 30.7 Å². The highest BCUT2D eigenvalue weighted by Crippen LogP contribution is 2.27. The maximum absolute atomic E-state index is 12.3. The van der Waals surface area contributed by atoms with E-state index in [2.05, 4.69) is 5.32 Å². The first-order valence-electron chi connectivity index (χ1n) is 7.49. The lowest BCUT2D eigenvalue weighted by molar-refractivity contribution is -0.127. The van der Waals surface area contributed by atoms with Gasteiger partial charge in [-0.05, 0) is 32.0 Å². The molecule has 0 saturated carbocycles. The zero-order valence-corrected chi connectivity index (χ0v) is 14.5. The fraction of sp³-hybridized carbons (Fsp3) is 0.467. The van der Waals surface area contributed by atoms with Crippen molar-refractivity contribution < 1.29 is 18.0 Å². The molecule has 2 amide bonds. The lowest BCUT2D eigenvalue weighted by atomic mass is 10.0. The van der Waals surface area contributed by atoms with Crippen molar-refractivity contribution in [3.63, 3.8) is 0 Å². The summed E-state index contributed by atoms with van der Waals surface area (Å²) in [4.78, 5) is 25.9. The molecule has 1 aromatic rings. The van der Waals surface area contributed by atoms with Gasteiger partial charge >= 0.3 is 0 Å². The van der Waals surface area contributed by atoms with Crippen LogP contribution in [0.4, 0.5) is 5.69 Å². The van der Waals surface area contributed by atoms with Crippen LogP contribution in [-0.4, -0.2) is 38.9 Å². The van der Waals surface area contributed by atoms with E-state index in [0.29, 0.717) is 5.69 Å². The Kier molecular flexibility index (Phi) is 4.97. The van der Waals surface area contributed by atoms with Crippen LogP contribution in [0.3, 0.4) is 0 Å². The molecule has 0 bridgehead atoms. The summed E-state index contributed by atoms with van der Waals surface area (Å²) in [6.07, 6.45) is 0.0616. The predicted molar refractivity (Wildman–Crippen MR) is 89.6 cm³/mol. The van der Waals surface area contributed by atoms with Crippen molar-refractivity contribution in [1.29, 1.82) is 0 Å². The molecule has 1 aromatic carbocycles. The molecule has 1 heterocycles. The van der Waals surface area contributed by atoms with Gasteiger partial charge in [-0.25, -0.2) is 13.6 Å². The molecule has 1 atom stereocenters. The minimum absolute atomic E-state index is 0.0616. The van der Waals surface area contributed by atoms with Gasteiger partial charge in [0.05, 0.1) is 10.8 Å². The Morgan fingerprint density at radius 2 is 2.08 bits per heavy atom. The van der Waals surface area contributed by atoms with E-state index in [0.717, 1.165) is 0 Å². The highest BCUT2D eigenvalue weighted by molar-refractivity contribution is 7.89. The van der Waals surface area contributed by atoms with E-state index in [4.69, 9.17) is 10.9 Å². The van der Waals surface area contributed by atoms with Gasteiger partial charge in [0.15, 0.2) is 0 Å². The normalized spacial score (nSPS) is 18.8. The van der Waals surface area contributed by atoms with Crippen molar-refractivity contribution in [2.75, 3.05) is 18.0 Å². The lowest BCUT2D eigenvalue weighted by Gasteiger charge is -2.26. The first-order valence-corrected chi connectivity index (χ1v) is 9.03. The molecule has 5 N–H and O–H groups in total. The topological polar surface area (TPSA) is 136 Å². The number of primary sulfonamides is 1. The zero-order chi connectivity index (χ0) is 18.1. The summed E-state index contributed by atoms with van der Waals surface area (Å²) in [5, 5.41) is 7.93. The smallest absolute Gasteiger partial charge is 0.238 e. The number of benzene rings is 1. The zero-order valence-electron chi connectivity index (χ0n) is 13.7. The quantitative estimate of drug-likeness (QED) is 0.657. The van der Waals surface area contributed by atoms with Crippen LogP contribution in [0, 0.1) is 5.92 Å². The number of rotatable bonds is 5. The van der Waals surface area contributed by atoms with Crippen LogP contribution in [0.5, 0.6) is 0 Å². The van der Waals surface area contributed by atoms with Gasteiger partial charge in [-0.2, -0.15) is 0 Å². The highest BCUT2D eigenvalue weighted by Gasteiger charge is 2.36. The third-order valence-corrected chi connectivity index (χ3v) is 4.84. The summed E-state index contributed by atoms with van der Waals surface area (Å²) < 4.78 is 22.9. The first-order chi connectivity index (χ1) is 11.0. The monoisotopic (exact) mass is 354 g/mol. The van der Waals surface area contributed by atoms with Gasteiger partial charge in [-0.3, -0.25) is 9.59 Å². The predicted octanol–water partition coefficient (Wildman–Crippen LogP) is -0.460. The third kappa shape index (κ3) is 4.11. The van der Waals surface area contributed by atoms with E-state index in [1.807, 2.05) is 0 Å². The molecule has 24 heavy (non-hydrogen) atoms. The number of carbonyl (C=O) groups is 2. The van der Waals surface area contributed by atoms with Crippen LogP contribution >= 0.6 is 0 Å². The Morgan fingerprint density at radius 3 is 2.67 bits per heavy atom. The Labute approximate surface area is 141 Å². The molecule has 9 heteroatoms. The number of hydrogen-bond acceptors (Lipinski definition) is 5. The fourth-order valence-electron chi connectivity index (χ4n) is 2.45. The molecule has 1 aliphatic rings. The number of nitrogens with zero attached hydrogens (tertiary/aromatic N) is 1. The summed E-state index contributed by atoms with van der Waals surface area (Å²) in [6, 6.07) is 5.80. The molecule has 0 aromatic heterocycles. The van der Waals surface area contributed by atoms with Gasteiger partial charge in [-0.1, -0.05) is 6.07 Å². The molecule has 0 aliphatic carbocycles. The molecule has 8 nitrogen and oxygen atoms in total. The average Bonchev–Trinajstić information content (AvgIpc) is 2.88. The van der Waals surface area contributed by atoms with Crippen molar-refractivity contribution in [3.8, 4) is 0 Å². The molecular formula is C15H22N4O4S. The van der Waals surface area contributed by atoms with Crippen LogP contribution in [0.15, 0.2) is 29.2 Å². The Balaban J connectivity index is 2.17. The number of hydrogen-bond donors (Lipinski definition) is 3. The van der Waals surface area contributed by atoms with Gasteiger partial charge in [-0.15, -0.1) is 0 Å². The molecule has 1 aliphatic heterocycles. The molecular weight excluding hydrogens is 332 g/mol. The summed E-state index contributed by atoms with van der Waals surface area (Å²) >= 11 is 0. The summed E-state index contributed by atoms with van der Waals surface area (Å²) in [5.41, 5.74) is 5.44. The number of amides is 2. The minimum atomic E-state index is -3.86. The Morgan fingerprint density at radius 1 is 1.42 bits per heavy atom. The maximum Gasteiger partial charge on any atom is 0.238 e. The lowest BCUT2D eigenvalue weighted by Crippen LogP contribution is -2.51. The third-order valence-electron chi connectivity index (χ3n) is 3.93. The van der Waals surface area contributed by atoms with Gasteiger partial charge in [0.1, 0.15) is 0 Å². The molecule has 1 fully saturated rings. The molecule has 0 spiro atoms. The van der Waals surface area contributed by atoms with Crippen LogP contribution in [-0.2, 0) is 19.6 Å². The van der Waals surface area contributed by atoms with Gasteiger partial charge in [0.2, 0.25) is 21.8 Å². The molecule has 1 unspecified atom stereocenters. The van der Waals surface area contributed by atoms with Crippen LogP contribution in [0.2, 0.25) is 0 Å². The van der Waals surface area contributed by atoms with Gasteiger partial charge in [0.25, 0.3) is 0 Å². The fourth-order valence-corrected chi connectivity index (χ4v) is 3.00. The van der Waals surface area contributed by atoms with Crippen LogP contribution in [0.1, 0.15) is 20.3 Å². The number of carbonyl (C=O) groups excluding carboxylic acids is 2. The van der Waals surface area contributed by atoms with Crippen LogP contribution < -0.4 is 21.1 Å². The Bertz CT molecular complexity index is 760. The molecule has 1 saturated heterocycles. The number of nitrogens with two attached hydrogens (primary N) is 2. The second kappa shape index (κ2) is 6.50. The number of sulfonamides is 1. The summed E-state index contributed by atoms with van der Waals surface area (Å²) in [6.45, 7) is 4.06. The number of nitrogens with one attached hydrogen (secondary N) is 1. The Hall–Kier alpha value is -1.97. The number of anilines is 1. The summed E-state index contributed by atoms with van der Waals surface area (Å²) in [5.74, 6) is -1.00. The van der Waals surface area contributed by atoms with Crippen molar-refractivity contribution in [2.24, 2.45) is 16.8 Å². The minimum Gasteiger partial charge on any atom is -0.350 e. The van der Waals surface area contributed by atoms with E-state index in [1.165, 1.54) is 23.1 Å². The van der Waals surface area contributed by atoms with E-state index in [1.54, 1.807) is 19.9 Å². The second-order valence-electron chi connectivity index (χ2n) is 6.53. The SMILES string of the molecule is CC(C)(CN)NC(=O)C1CC(=O)N(c2cccc(S(N)(=O)=O)c2)C1. The molecule has 132 valence electrons. The van der Waals surface area contributed by atoms with E-state index in [-0.39, 0.29) is 36.2 Å². The maximum atomic E-state index is 12.3. The van der Waals surface area contributed by atoms with Gasteiger partial charge < -0.3 is 16.0 Å². The standard InChI is InChI=1S/C15H22N4O4S/c1-15(2,9-16)18-14(21)10-6-13(20)19(8-10)11-4-3-5-12(7-11)24(17,22)23/h3-5,7,10H,6,8-9,16H2,1-2H3,(H,18,21)(H2,17,22,23). The molecule has 2 rings (SSSR count). The van der Waals surface area contributed by atoms with E-state index in [9.17, 15) is 18.0 Å². The van der Waals surface area contributed by atoms with E-state index >= 15 is 0 Å². The average molecular weight is 354 g/mol. The first kappa shape index (κ1) is 18.4. The van der Waals surface area contributed by atoms with E-state index < -0.39 is 21.5 Å².